The third-order valence-corrected chi connectivity index (χ3v) is 3.12. The van der Waals surface area contributed by atoms with Crippen LogP contribution in [0.1, 0.15) is 16.8 Å². The molecule has 100 valence electrons. The molecule has 0 saturated carbocycles. The zero-order valence-corrected chi connectivity index (χ0v) is 11.8. The molecule has 0 aliphatic rings. The van der Waals surface area contributed by atoms with Crippen molar-refractivity contribution in [1.29, 1.82) is 0 Å². The van der Waals surface area contributed by atoms with Crippen molar-refractivity contribution in [3.05, 3.63) is 59.5 Å². The van der Waals surface area contributed by atoms with E-state index in [4.69, 9.17) is 0 Å². The van der Waals surface area contributed by atoms with Gasteiger partial charge in [0.15, 0.2) is 5.82 Å². The second kappa shape index (κ2) is 4.89. The Kier molecular flexibility index (Phi) is 3.06. The van der Waals surface area contributed by atoms with Gasteiger partial charge in [0.2, 0.25) is 0 Å². The predicted molar refractivity (Wildman–Crippen MR) is 78.8 cm³/mol. The summed E-state index contributed by atoms with van der Waals surface area (Å²) >= 11 is 0. The van der Waals surface area contributed by atoms with Crippen LogP contribution in [0, 0.1) is 20.8 Å². The van der Waals surface area contributed by atoms with Gasteiger partial charge in [-0.15, -0.1) is 0 Å². The van der Waals surface area contributed by atoms with Gasteiger partial charge < -0.3 is 0 Å². The molecule has 4 nitrogen and oxygen atoms in total. The van der Waals surface area contributed by atoms with E-state index in [1.54, 1.807) is 0 Å². The average molecular weight is 264 g/mol. The summed E-state index contributed by atoms with van der Waals surface area (Å²) in [5.41, 5.74) is 5.08. The Morgan fingerprint density at radius 2 is 1.55 bits per heavy atom. The van der Waals surface area contributed by atoms with Crippen molar-refractivity contribution in [2.75, 3.05) is 0 Å². The molecule has 3 aromatic heterocycles. The minimum atomic E-state index is 0.807. The van der Waals surface area contributed by atoms with Crippen LogP contribution in [0.3, 0.4) is 0 Å². The van der Waals surface area contributed by atoms with Crippen molar-refractivity contribution in [3.63, 3.8) is 0 Å². The molecule has 3 rings (SSSR count). The molecule has 0 unspecified atom stereocenters. The van der Waals surface area contributed by atoms with Gasteiger partial charge in [-0.25, -0.2) is 9.67 Å². The third kappa shape index (κ3) is 2.32. The van der Waals surface area contributed by atoms with Gasteiger partial charge in [0.1, 0.15) is 0 Å². The van der Waals surface area contributed by atoms with E-state index in [1.165, 1.54) is 0 Å². The lowest BCUT2D eigenvalue weighted by Gasteiger charge is -2.06. The van der Waals surface area contributed by atoms with Gasteiger partial charge in [-0.05, 0) is 50.1 Å². The molecule has 0 spiro atoms. The summed E-state index contributed by atoms with van der Waals surface area (Å²) in [7, 11) is 0. The maximum atomic E-state index is 4.52. The Morgan fingerprint density at radius 3 is 2.15 bits per heavy atom. The normalized spacial score (nSPS) is 10.8. The van der Waals surface area contributed by atoms with E-state index in [0.717, 1.165) is 34.0 Å². The van der Waals surface area contributed by atoms with E-state index in [-0.39, 0.29) is 0 Å². The van der Waals surface area contributed by atoms with Gasteiger partial charge in [0.25, 0.3) is 0 Å². The molecule has 0 atom stereocenters. The molecule has 0 radical (unpaired) electrons. The van der Waals surface area contributed by atoms with Crippen LogP contribution in [0.15, 0.2) is 42.7 Å². The van der Waals surface area contributed by atoms with Gasteiger partial charge in [0, 0.05) is 12.4 Å². The molecule has 0 fully saturated rings. The molecule has 3 aromatic rings. The Labute approximate surface area is 118 Å². The Hall–Kier alpha value is -2.49. The molecule has 0 N–H and O–H groups in total. The van der Waals surface area contributed by atoms with Crippen LogP contribution in [-0.4, -0.2) is 19.7 Å². The van der Waals surface area contributed by atoms with Crippen LogP contribution >= 0.6 is 0 Å². The number of nitrogens with zero attached hydrogens (tertiary/aromatic N) is 4. The van der Waals surface area contributed by atoms with Gasteiger partial charge in [-0.1, -0.05) is 12.1 Å². The largest absolute Gasteiger partial charge is 0.254 e. The molecule has 0 amide bonds. The maximum absolute atomic E-state index is 4.52. The molecule has 0 bridgehead atoms. The number of rotatable bonds is 2. The molecule has 4 heteroatoms. The Bertz CT molecular complexity index is 661. The zero-order valence-electron chi connectivity index (χ0n) is 11.8. The molecule has 0 aliphatic heterocycles. The molecular formula is C16H16N4. The molecule has 0 saturated heterocycles. The second-order valence-electron chi connectivity index (χ2n) is 5.00. The van der Waals surface area contributed by atoms with Crippen molar-refractivity contribution >= 4 is 0 Å². The highest BCUT2D eigenvalue weighted by Crippen LogP contribution is 2.21. The first-order valence-corrected chi connectivity index (χ1v) is 6.56. The average Bonchev–Trinajstić information content (AvgIpc) is 2.82. The smallest absolute Gasteiger partial charge is 0.154 e. The van der Waals surface area contributed by atoms with Crippen LogP contribution < -0.4 is 0 Å². The molecular weight excluding hydrogens is 248 g/mol. The fraction of sp³-hybridized carbons (Fsp3) is 0.188. The first kappa shape index (κ1) is 12.5. The summed E-state index contributed by atoms with van der Waals surface area (Å²) in [6.45, 7) is 6.02. The van der Waals surface area contributed by atoms with Crippen LogP contribution in [0.2, 0.25) is 0 Å². The van der Waals surface area contributed by atoms with Crippen molar-refractivity contribution in [3.8, 4) is 17.2 Å². The number of hydrogen-bond acceptors (Lipinski definition) is 3. The summed E-state index contributed by atoms with van der Waals surface area (Å²) < 4.78 is 1.84. The lowest BCUT2D eigenvalue weighted by molar-refractivity contribution is 0.835. The monoisotopic (exact) mass is 264 g/mol. The van der Waals surface area contributed by atoms with Gasteiger partial charge in [0.05, 0.1) is 17.1 Å². The first-order valence-electron chi connectivity index (χ1n) is 6.56. The lowest BCUT2D eigenvalue weighted by Crippen LogP contribution is -2.02. The van der Waals surface area contributed by atoms with E-state index in [2.05, 4.69) is 21.1 Å². The quantitative estimate of drug-likeness (QED) is 0.713. The molecule has 3 heterocycles. The zero-order chi connectivity index (χ0) is 14.1. The van der Waals surface area contributed by atoms with Crippen LogP contribution in [0.25, 0.3) is 17.2 Å². The topological polar surface area (TPSA) is 43.6 Å². The minimum absolute atomic E-state index is 0.807. The predicted octanol–water partition coefficient (Wildman–Crippen LogP) is 3.25. The SMILES string of the molecule is Cc1ccc(-c2cc(C)nn2-c2ccc(C)cn2)nc1. The van der Waals surface area contributed by atoms with Crippen molar-refractivity contribution in [1.82, 2.24) is 19.7 Å². The molecule has 20 heavy (non-hydrogen) atoms. The van der Waals surface area contributed by atoms with E-state index in [0.29, 0.717) is 0 Å². The van der Waals surface area contributed by atoms with E-state index in [1.807, 2.05) is 62.1 Å². The van der Waals surface area contributed by atoms with Crippen molar-refractivity contribution < 1.29 is 0 Å². The molecule has 0 aromatic carbocycles. The maximum Gasteiger partial charge on any atom is 0.154 e. The van der Waals surface area contributed by atoms with E-state index in [9.17, 15) is 0 Å². The highest BCUT2D eigenvalue weighted by Gasteiger charge is 2.11. The van der Waals surface area contributed by atoms with Gasteiger partial charge in [-0.2, -0.15) is 5.10 Å². The highest BCUT2D eigenvalue weighted by atomic mass is 15.3. The van der Waals surface area contributed by atoms with Crippen molar-refractivity contribution in [2.45, 2.75) is 20.8 Å². The lowest BCUT2D eigenvalue weighted by atomic mass is 10.2. The fourth-order valence-corrected chi connectivity index (χ4v) is 2.06. The third-order valence-electron chi connectivity index (χ3n) is 3.12. The number of pyridine rings is 2. The summed E-state index contributed by atoms with van der Waals surface area (Å²) in [6, 6.07) is 10.1. The van der Waals surface area contributed by atoms with Crippen molar-refractivity contribution in [2.24, 2.45) is 0 Å². The second-order valence-corrected chi connectivity index (χ2v) is 5.00. The first-order chi connectivity index (χ1) is 9.63. The summed E-state index contributed by atoms with van der Waals surface area (Å²) in [6.07, 6.45) is 3.71. The van der Waals surface area contributed by atoms with Crippen LogP contribution in [-0.2, 0) is 0 Å². The summed E-state index contributed by atoms with van der Waals surface area (Å²) in [5.74, 6) is 0.807. The fourth-order valence-electron chi connectivity index (χ4n) is 2.06. The van der Waals surface area contributed by atoms with E-state index < -0.39 is 0 Å². The van der Waals surface area contributed by atoms with Gasteiger partial charge in [-0.3, -0.25) is 4.98 Å². The number of hydrogen-bond donors (Lipinski definition) is 0. The Balaban J connectivity index is 2.12. The van der Waals surface area contributed by atoms with Crippen LogP contribution in [0.4, 0.5) is 0 Å². The Morgan fingerprint density at radius 1 is 0.850 bits per heavy atom. The minimum Gasteiger partial charge on any atom is -0.254 e. The van der Waals surface area contributed by atoms with Gasteiger partial charge >= 0.3 is 0 Å². The van der Waals surface area contributed by atoms with E-state index >= 15 is 0 Å². The van der Waals surface area contributed by atoms with Crippen LogP contribution in [0.5, 0.6) is 0 Å². The molecule has 0 aliphatic carbocycles. The summed E-state index contributed by atoms with van der Waals surface area (Å²) in [5, 5.41) is 4.52. The highest BCUT2D eigenvalue weighted by molar-refractivity contribution is 5.57. The standard InChI is InChI=1S/C16H16N4/c1-11-4-6-14(17-9-11)15-8-13(3)19-20(15)16-7-5-12(2)10-18-16/h4-10H,1-3H3. The number of aryl methyl sites for hydroxylation is 3. The summed E-state index contributed by atoms with van der Waals surface area (Å²) in [4.78, 5) is 8.92. The number of aromatic nitrogens is 4.